The van der Waals surface area contributed by atoms with Crippen LogP contribution in [0.15, 0.2) is 11.6 Å². The third kappa shape index (κ3) is 4.41. The minimum atomic E-state index is -4.89. The highest BCUT2D eigenvalue weighted by atomic mass is 19.4. The number of alkyl halides is 3. The van der Waals surface area contributed by atoms with Crippen molar-refractivity contribution in [3.8, 4) is 0 Å². The highest BCUT2D eigenvalue weighted by molar-refractivity contribution is 5.87. The van der Waals surface area contributed by atoms with Crippen LogP contribution in [0.1, 0.15) is 13.8 Å². The summed E-state index contributed by atoms with van der Waals surface area (Å²) in [5, 5.41) is 0. The molecule has 0 rings (SSSR count). The number of ether oxygens (including phenoxy) is 1. The van der Waals surface area contributed by atoms with Crippen molar-refractivity contribution in [2.45, 2.75) is 20.2 Å². The van der Waals surface area contributed by atoms with E-state index < -0.39 is 12.3 Å². The van der Waals surface area contributed by atoms with E-state index in [0.29, 0.717) is 0 Å². The van der Waals surface area contributed by atoms with Crippen molar-refractivity contribution in [2.24, 2.45) is 0 Å². The van der Waals surface area contributed by atoms with Crippen LogP contribution in [-0.4, -0.2) is 12.3 Å². The Morgan fingerprint density at radius 2 is 1.91 bits per heavy atom. The van der Waals surface area contributed by atoms with E-state index in [1.54, 1.807) is 0 Å². The lowest BCUT2D eigenvalue weighted by atomic mass is 10.3. The van der Waals surface area contributed by atoms with Crippen molar-refractivity contribution in [3.63, 3.8) is 0 Å². The van der Waals surface area contributed by atoms with E-state index in [1.807, 2.05) is 0 Å². The maximum absolute atomic E-state index is 11.3. The molecule has 0 amide bonds. The zero-order chi connectivity index (χ0) is 9.07. The molecule has 0 N–H and O–H groups in total. The molecule has 0 aromatic carbocycles. The molecule has 2 nitrogen and oxygen atoms in total. The van der Waals surface area contributed by atoms with Crippen LogP contribution in [0.2, 0.25) is 0 Å². The summed E-state index contributed by atoms with van der Waals surface area (Å²) in [4.78, 5) is 10.4. The molecular formula is C6H7F3O2. The number of rotatable bonds is 1. The maximum Gasteiger partial charge on any atom is 0.575 e. The van der Waals surface area contributed by atoms with Crippen LogP contribution in [0, 0.1) is 0 Å². The molecule has 0 heterocycles. The molecule has 64 valence electrons. The summed E-state index contributed by atoms with van der Waals surface area (Å²) in [5.41, 5.74) is -0.0673. The molecule has 0 saturated heterocycles. The van der Waals surface area contributed by atoms with E-state index in [-0.39, 0.29) is 5.57 Å². The molecule has 0 aromatic rings. The lowest BCUT2D eigenvalue weighted by molar-refractivity contribution is -0.303. The Morgan fingerprint density at radius 1 is 1.45 bits per heavy atom. The van der Waals surface area contributed by atoms with E-state index in [0.717, 1.165) is 0 Å². The van der Waals surface area contributed by atoms with Gasteiger partial charge in [0.1, 0.15) is 0 Å². The van der Waals surface area contributed by atoms with Crippen molar-refractivity contribution in [1.29, 1.82) is 0 Å². The largest absolute Gasteiger partial charge is 0.575 e. The predicted molar refractivity (Wildman–Crippen MR) is 31.6 cm³/mol. The van der Waals surface area contributed by atoms with Gasteiger partial charge >= 0.3 is 12.3 Å². The second kappa shape index (κ2) is 3.41. The smallest absolute Gasteiger partial charge is 0.369 e. The van der Waals surface area contributed by atoms with Gasteiger partial charge in [0.05, 0.1) is 0 Å². The highest BCUT2D eigenvalue weighted by Gasteiger charge is 2.34. The van der Waals surface area contributed by atoms with Gasteiger partial charge in [-0.3, -0.25) is 0 Å². The zero-order valence-electron chi connectivity index (χ0n) is 6.03. The number of carbonyl (C=O) groups excluding carboxylic acids is 1. The van der Waals surface area contributed by atoms with E-state index in [4.69, 9.17) is 0 Å². The van der Waals surface area contributed by atoms with Crippen LogP contribution in [0.25, 0.3) is 0 Å². The van der Waals surface area contributed by atoms with Gasteiger partial charge in [-0.1, -0.05) is 6.08 Å². The lowest BCUT2D eigenvalue weighted by Gasteiger charge is -2.06. The average Bonchev–Trinajstić information content (AvgIpc) is 1.82. The van der Waals surface area contributed by atoms with E-state index in [1.165, 1.54) is 19.9 Å². The first-order chi connectivity index (χ1) is 4.87. The van der Waals surface area contributed by atoms with Gasteiger partial charge in [-0.25, -0.2) is 4.79 Å². The number of halogens is 3. The molecule has 0 fully saturated rings. The fourth-order valence-electron chi connectivity index (χ4n) is 0.303. The van der Waals surface area contributed by atoms with Gasteiger partial charge < -0.3 is 4.74 Å². The van der Waals surface area contributed by atoms with Crippen molar-refractivity contribution >= 4 is 5.97 Å². The van der Waals surface area contributed by atoms with Crippen LogP contribution in [0.3, 0.4) is 0 Å². The molecule has 0 aliphatic carbocycles. The summed E-state index contributed by atoms with van der Waals surface area (Å²) in [7, 11) is 0. The second-order valence-corrected chi connectivity index (χ2v) is 1.81. The maximum atomic E-state index is 11.3. The molecule has 0 unspecified atom stereocenters. The Labute approximate surface area is 61.6 Å². The van der Waals surface area contributed by atoms with E-state index >= 15 is 0 Å². The minimum Gasteiger partial charge on any atom is -0.369 e. The monoisotopic (exact) mass is 168 g/mol. The molecule has 0 aromatic heterocycles. The minimum absolute atomic E-state index is 0.0673. The fraction of sp³-hybridized carbons (Fsp3) is 0.500. The summed E-state index contributed by atoms with van der Waals surface area (Å²) in [5.74, 6) is -1.36. The van der Waals surface area contributed by atoms with Gasteiger partial charge in [-0.15, -0.1) is 13.2 Å². The van der Waals surface area contributed by atoms with Crippen LogP contribution in [-0.2, 0) is 9.53 Å². The molecule has 0 atom stereocenters. The van der Waals surface area contributed by atoms with Gasteiger partial charge in [0.2, 0.25) is 0 Å². The van der Waals surface area contributed by atoms with Gasteiger partial charge in [0, 0.05) is 5.57 Å². The summed E-state index contributed by atoms with van der Waals surface area (Å²) in [6.07, 6.45) is -3.64. The lowest BCUT2D eigenvalue weighted by Crippen LogP contribution is -2.19. The summed E-state index contributed by atoms with van der Waals surface area (Å²) < 4.78 is 37.1. The molecule has 11 heavy (non-hydrogen) atoms. The Kier molecular flexibility index (Phi) is 3.10. The van der Waals surface area contributed by atoms with E-state index in [9.17, 15) is 18.0 Å². The van der Waals surface area contributed by atoms with Gasteiger partial charge in [-0.05, 0) is 13.8 Å². The molecule has 0 spiro atoms. The Bertz CT molecular complexity index is 181. The molecule has 0 aliphatic rings. The number of esters is 1. The molecule has 0 aliphatic heterocycles. The molecule has 0 bridgehead atoms. The number of allylic oxidation sites excluding steroid dienone is 1. The van der Waals surface area contributed by atoms with Crippen LogP contribution >= 0.6 is 0 Å². The first kappa shape index (κ1) is 10.0. The quantitative estimate of drug-likeness (QED) is 0.442. The Hall–Kier alpha value is -1.00. The summed E-state index contributed by atoms with van der Waals surface area (Å²) in [6, 6.07) is 0. The fourth-order valence-corrected chi connectivity index (χ4v) is 0.303. The predicted octanol–water partition coefficient (Wildman–Crippen LogP) is 2.02. The summed E-state index contributed by atoms with van der Waals surface area (Å²) >= 11 is 0. The van der Waals surface area contributed by atoms with Gasteiger partial charge in [-0.2, -0.15) is 0 Å². The molecular weight excluding hydrogens is 161 g/mol. The Morgan fingerprint density at radius 3 is 2.18 bits per heavy atom. The van der Waals surface area contributed by atoms with Crippen molar-refractivity contribution in [1.82, 2.24) is 0 Å². The Balaban J connectivity index is 4.10. The zero-order valence-corrected chi connectivity index (χ0v) is 6.03. The third-order valence-electron chi connectivity index (χ3n) is 0.963. The normalized spacial score (nSPS) is 13.0. The number of carbonyl (C=O) groups is 1. The van der Waals surface area contributed by atoms with Gasteiger partial charge in [0.25, 0.3) is 0 Å². The topological polar surface area (TPSA) is 26.3 Å². The van der Waals surface area contributed by atoms with Crippen LogP contribution < -0.4 is 0 Å². The van der Waals surface area contributed by atoms with E-state index in [2.05, 4.69) is 4.74 Å². The summed E-state index contributed by atoms with van der Waals surface area (Å²) in [6.45, 7) is 2.70. The van der Waals surface area contributed by atoms with Crippen molar-refractivity contribution in [3.05, 3.63) is 11.6 Å². The average molecular weight is 168 g/mol. The first-order valence-electron chi connectivity index (χ1n) is 2.80. The number of hydrogen-bond donors (Lipinski definition) is 0. The van der Waals surface area contributed by atoms with Crippen LogP contribution in [0.4, 0.5) is 13.2 Å². The van der Waals surface area contributed by atoms with Crippen LogP contribution in [0.5, 0.6) is 0 Å². The molecule has 0 saturated carbocycles. The highest BCUT2D eigenvalue weighted by Crippen LogP contribution is 2.17. The standard InChI is InChI=1S/C6H7F3O2/c1-3-4(2)5(10)11-6(7,8)9/h3H,1-2H3. The van der Waals surface area contributed by atoms with Gasteiger partial charge in [0.15, 0.2) is 0 Å². The van der Waals surface area contributed by atoms with Crippen molar-refractivity contribution < 1.29 is 22.7 Å². The molecule has 0 radical (unpaired) electrons. The SMILES string of the molecule is CC=C(C)C(=O)OC(F)(F)F. The molecule has 5 heteroatoms. The van der Waals surface area contributed by atoms with Crippen molar-refractivity contribution in [2.75, 3.05) is 0 Å². The first-order valence-corrected chi connectivity index (χ1v) is 2.80. The number of hydrogen-bond acceptors (Lipinski definition) is 2. The second-order valence-electron chi connectivity index (χ2n) is 1.81. The third-order valence-corrected chi connectivity index (χ3v) is 0.963.